The Morgan fingerprint density at radius 3 is 2.43 bits per heavy atom. The fraction of sp³-hybridized carbons (Fsp3) is 0.733. The first-order chi connectivity index (χ1) is 10.6. The predicted octanol–water partition coefficient (Wildman–Crippen LogP) is 0.799. The lowest BCUT2D eigenvalue weighted by Gasteiger charge is -2.30. The summed E-state index contributed by atoms with van der Waals surface area (Å²) in [6.45, 7) is 5.53. The van der Waals surface area contributed by atoms with E-state index in [1.807, 2.05) is 20.8 Å². The average molecular weight is 325 g/mol. The van der Waals surface area contributed by atoms with Crippen LogP contribution in [0.2, 0.25) is 0 Å². The Morgan fingerprint density at radius 2 is 2.00 bits per heavy atom. The van der Waals surface area contributed by atoms with Gasteiger partial charge in [-0.05, 0) is 24.7 Å². The molecule has 128 valence electrons. The van der Waals surface area contributed by atoms with Crippen LogP contribution in [-0.4, -0.2) is 52.0 Å². The molecular weight excluding hydrogens is 302 g/mol. The number of Topliss-reactive ketones (excluding diaryl/α,β-unsaturated/α-hetero) is 1. The standard InChI is InChI=1S/C15H23N3O5/c1-15(2,3)12(23-10-5-6-10)13(20)18-11(14(21)22)7-4-9(19)8-17-16/h8,10-12H,4-7H2,1-3H3,(H,18,20)(H,21,22). The molecule has 0 aromatic heterocycles. The van der Waals surface area contributed by atoms with Crippen LogP contribution in [0.15, 0.2) is 0 Å². The molecule has 1 aliphatic carbocycles. The van der Waals surface area contributed by atoms with Crippen LogP contribution >= 0.6 is 0 Å². The Labute approximate surface area is 134 Å². The van der Waals surface area contributed by atoms with Crippen LogP contribution in [0, 0.1) is 5.41 Å². The summed E-state index contributed by atoms with van der Waals surface area (Å²) in [7, 11) is 0. The fourth-order valence-corrected chi connectivity index (χ4v) is 1.98. The molecule has 0 saturated heterocycles. The minimum Gasteiger partial charge on any atom is -0.480 e. The summed E-state index contributed by atoms with van der Waals surface area (Å²) in [5.74, 6) is -2.25. The van der Waals surface area contributed by atoms with Gasteiger partial charge in [-0.1, -0.05) is 20.8 Å². The highest BCUT2D eigenvalue weighted by atomic mass is 16.5. The first kappa shape index (κ1) is 19.0. The first-order valence-electron chi connectivity index (χ1n) is 7.54. The predicted molar refractivity (Wildman–Crippen MR) is 80.8 cm³/mol. The SMILES string of the molecule is CC(C)(C)C(OC1CC1)C(=O)NC(CCC(=O)C=[N+]=[N-])C(=O)O. The molecule has 2 atom stereocenters. The topological polar surface area (TPSA) is 129 Å². The number of hydrogen-bond donors (Lipinski definition) is 2. The van der Waals surface area contributed by atoms with E-state index in [4.69, 9.17) is 10.3 Å². The van der Waals surface area contributed by atoms with Crippen molar-refractivity contribution < 1.29 is 29.0 Å². The molecule has 1 saturated carbocycles. The summed E-state index contributed by atoms with van der Waals surface area (Å²) >= 11 is 0. The maximum atomic E-state index is 12.4. The van der Waals surface area contributed by atoms with E-state index in [9.17, 15) is 19.5 Å². The number of carbonyl (C=O) groups is 3. The van der Waals surface area contributed by atoms with Gasteiger partial charge in [0.05, 0.1) is 6.10 Å². The van der Waals surface area contributed by atoms with Crippen molar-refractivity contribution in [2.75, 3.05) is 0 Å². The van der Waals surface area contributed by atoms with Crippen molar-refractivity contribution in [1.82, 2.24) is 5.32 Å². The highest BCUT2D eigenvalue weighted by Crippen LogP contribution is 2.31. The zero-order valence-corrected chi connectivity index (χ0v) is 13.6. The van der Waals surface area contributed by atoms with Crippen LogP contribution < -0.4 is 5.32 Å². The van der Waals surface area contributed by atoms with Crippen molar-refractivity contribution in [2.24, 2.45) is 5.41 Å². The normalized spacial score (nSPS) is 16.8. The first-order valence-corrected chi connectivity index (χ1v) is 7.54. The lowest BCUT2D eigenvalue weighted by atomic mass is 9.88. The second-order valence-corrected chi connectivity index (χ2v) is 6.73. The van der Waals surface area contributed by atoms with Crippen LogP contribution in [0.25, 0.3) is 5.53 Å². The molecule has 2 N–H and O–H groups in total. The molecule has 1 amide bonds. The van der Waals surface area contributed by atoms with Gasteiger partial charge in [0.15, 0.2) is 0 Å². The van der Waals surface area contributed by atoms with Crippen LogP contribution in [0.5, 0.6) is 0 Å². The lowest BCUT2D eigenvalue weighted by Crippen LogP contribution is -2.50. The molecule has 0 aromatic carbocycles. The Balaban J connectivity index is 2.68. The Bertz CT molecular complexity index is 516. The lowest BCUT2D eigenvalue weighted by molar-refractivity contribution is -0.148. The second kappa shape index (κ2) is 7.99. The van der Waals surface area contributed by atoms with Gasteiger partial charge in [0.2, 0.25) is 11.7 Å². The van der Waals surface area contributed by atoms with Crippen LogP contribution in [0.1, 0.15) is 46.5 Å². The summed E-state index contributed by atoms with van der Waals surface area (Å²) in [6.07, 6.45) is 1.56. The molecule has 0 heterocycles. The number of aliphatic carboxylic acids is 1. The minimum absolute atomic E-state index is 0.0515. The zero-order valence-electron chi connectivity index (χ0n) is 13.6. The third-order valence-electron chi connectivity index (χ3n) is 3.37. The smallest absolute Gasteiger partial charge is 0.326 e. The molecule has 2 unspecified atom stereocenters. The summed E-state index contributed by atoms with van der Waals surface area (Å²) in [5, 5.41) is 11.6. The number of rotatable bonds is 9. The number of nitrogens with zero attached hydrogens (tertiary/aromatic N) is 2. The van der Waals surface area contributed by atoms with E-state index in [-0.39, 0.29) is 18.9 Å². The van der Waals surface area contributed by atoms with Crippen molar-refractivity contribution in [3.8, 4) is 0 Å². The Hall–Kier alpha value is -2.05. The molecule has 0 radical (unpaired) electrons. The van der Waals surface area contributed by atoms with E-state index in [2.05, 4.69) is 10.1 Å². The van der Waals surface area contributed by atoms with Gasteiger partial charge in [0, 0.05) is 6.42 Å². The molecular formula is C15H23N3O5. The van der Waals surface area contributed by atoms with E-state index in [1.54, 1.807) is 0 Å². The number of amides is 1. The van der Waals surface area contributed by atoms with Gasteiger partial charge in [-0.3, -0.25) is 9.59 Å². The van der Waals surface area contributed by atoms with Gasteiger partial charge in [-0.25, -0.2) is 4.79 Å². The largest absolute Gasteiger partial charge is 0.480 e. The van der Waals surface area contributed by atoms with Crippen molar-refractivity contribution in [1.29, 1.82) is 0 Å². The fourth-order valence-electron chi connectivity index (χ4n) is 1.98. The molecule has 0 aliphatic heterocycles. The summed E-state index contributed by atoms with van der Waals surface area (Å²) < 4.78 is 5.71. The molecule has 8 heteroatoms. The van der Waals surface area contributed by atoms with Gasteiger partial charge >= 0.3 is 12.2 Å². The van der Waals surface area contributed by atoms with Crippen molar-refractivity contribution >= 4 is 23.9 Å². The van der Waals surface area contributed by atoms with Gasteiger partial charge in [-0.15, -0.1) is 0 Å². The highest BCUT2D eigenvalue weighted by Gasteiger charge is 2.38. The third-order valence-corrected chi connectivity index (χ3v) is 3.37. The van der Waals surface area contributed by atoms with Crippen LogP contribution in [0.3, 0.4) is 0 Å². The van der Waals surface area contributed by atoms with Crippen LogP contribution in [-0.2, 0) is 19.1 Å². The van der Waals surface area contributed by atoms with Crippen molar-refractivity contribution in [2.45, 2.75) is 64.7 Å². The molecule has 1 aliphatic rings. The number of ether oxygens (including phenoxy) is 1. The van der Waals surface area contributed by atoms with Crippen molar-refractivity contribution in [3.63, 3.8) is 0 Å². The average Bonchev–Trinajstić information content (AvgIpc) is 3.23. The summed E-state index contributed by atoms with van der Waals surface area (Å²) in [5.41, 5.74) is 7.78. The van der Waals surface area contributed by atoms with Crippen LogP contribution in [0.4, 0.5) is 0 Å². The minimum atomic E-state index is -1.23. The number of nitrogens with one attached hydrogen (secondary N) is 1. The van der Waals surface area contributed by atoms with Gasteiger partial charge in [0.25, 0.3) is 0 Å². The molecule has 0 bridgehead atoms. The van der Waals surface area contributed by atoms with Gasteiger partial charge in [-0.2, -0.15) is 4.79 Å². The van der Waals surface area contributed by atoms with E-state index in [0.29, 0.717) is 6.21 Å². The monoisotopic (exact) mass is 325 g/mol. The van der Waals surface area contributed by atoms with Crippen molar-refractivity contribution in [3.05, 3.63) is 5.53 Å². The summed E-state index contributed by atoms with van der Waals surface area (Å²) in [4.78, 5) is 37.5. The van der Waals surface area contributed by atoms with E-state index in [1.165, 1.54) is 0 Å². The maximum Gasteiger partial charge on any atom is 0.326 e. The Kier molecular flexibility index (Phi) is 6.60. The number of carboxylic acid groups (broad SMARTS) is 1. The Morgan fingerprint density at radius 1 is 1.39 bits per heavy atom. The second-order valence-electron chi connectivity index (χ2n) is 6.73. The third kappa shape index (κ3) is 6.71. The zero-order chi connectivity index (χ0) is 17.6. The number of carbonyl (C=O) groups excluding carboxylic acids is 2. The molecule has 0 aromatic rings. The number of carboxylic acids is 1. The van der Waals surface area contributed by atoms with Gasteiger partial charge < -0.3 is 20.7 Å². The molecule has 8 nitrogen and oxygen atoms in total. The van der Waals surface area contributed by atoms with E-state index >= 15 is 0 Å². The maximum absolute atomic E-state index is 12.4. The molecule has 0 spiro atoms. The quantitative estimate of drug-likeness (QED) is 0.368. The number of ketones is 1. The molecule has 1 rings (SSSR count). The number of hydrogen-bond acceptors (Lipinski definition) is 4. The van der Waals surface area contributed by atoms with Gasteiger partial charge in [0.1, 0.15) is 12.1 Å². The molecule has 23 heavy (non-hydrogen) atoms. The highest BCUT2D eigenvalue weighted by molar-refractivity contribution is 6.25. The molecule has 1 fully saturated rings. The van der Waals surface area contributed by atoms with E-state index < -0.39 is 35.2 Å². The summed E-state index contributed by atoms with van der Waals surface area (Å²) in [6, 6.07) is -1.20. The van der Waals surface area contributed by atoms with E-state index in [0.717, 1.165) is 12.8 Å².